The van der Waals surface area contributed by atoms with Crippen molar-refractivity contribution in [2.45, 2.75) is 78.1 Å². The van der Waals surface area contributed by atoms with Gasteiger partial charge in [0.15, 0.2) is 0 Å². The summed E-state index contributed by atoms with van der Waals surface area (Å²) in [5, 5.41) is 4.06. The van der Waals surface area contributed by atoms with Crippen molar-refractivity contribution in [3.63, 3.8) is 0 Å². The second kappa shape index (κ2) is 15.4. The van der Waals surface area contributed by atoms with Gasteiger partial charge in [-0.1, -0.05) is 91.9 Å². The molecule has 2 aromatic rings. The molecule has 0 saturated heterocycles. The van der Waals surface area contributed by atoms with Gasteiger partial charge in [-0.05, 0) is 43.7 Å². The molecule has 0 heterocycles. The van der Waals surface area contributed by atoms with E-state index in [1.54, 1.807) is 30.3 Å². The summed E-state index contributed by atoms with van der Waals surface area (Å²) in [5.41, 5.74) is 4.70. The van der Waals surface area contributed by atoms with Crippen molar-refractivity contribution in [3.8, 4) is 5.75 Å². The number of rotatable bonds is 14. The molecule has 2 rings (SSSR count). The first-order chi connectivity index (χ1) is 16.0. The van der Waals surface area contributed by atoms with E-state index in [1.807, 2.05) is 19.1 Å². The molecule has 0 spiro atoms. The molecule has 0 unspecified atom stereocenters. The molecular weight excluding hydrogens is 480 g/mol. The summed E-state index contributed by atoms with van der Waals surface area (Å²) >= 11 is 3.42. The number of amides is 1. The summed E-state index contributed by atoms with van der Waals surface area (Å²) in [6.07, 6.45) is 12.9. The molecule has 0 fully saturated rings. The van der Waals surface area contributed by atoms with Crippen LogP contribution in [0.3, 0.4) is 0 Å². The number of benzene rings is 2. The van der Waals surface area contributed by atoms with Crippen LogP contribution in [0.2, 0.25) is 0 Å². The molecule has 6 heteroatoms. The van der Waals surface area contributed by atoms with E-state index in [0.717, 1.165) is 22.9 Å². The molecule has 0 aliphatic heterocycles. The maximum Gasteiger partial charge on any atom is 0.343 e. The third kappa shape index (κ3) is 10.8. The normalized spacial score (nSPS) is 11.0. The number of aryl methyl sites for hydroxylation is 1. The van der Waals surface area contributed by atoms with Crippen LogP contribution in [0.1, 0.15) is 92.6 Å². The number of nitrogens with zero attached hydrogens (tertiary/aromatic N) is 1. The number of esters is 1. The number of nitrogens with one attached hydrogen (secondary N) is 1. The highest BCUT2D eigenvalue weighted by atomic mass is 79.9. The average Bonchev–Trinajstić information content (AvgIpc) is 2.80. The van der Waals surface area contributed by atoms with E-state index in [0.29, 0.717) is 23.3 Å². The van der Waals surface area contributed by atoms with Crippen molar-refractivity contribution in [3.05, 3.63) is 63.6 Å². The molecule has 0 aliphatic rings. The number of hydrogen-bond donors (Lipinski definition) is 1. The Bertz CT molecular complexity index is 910. The summed E-state index contributed by atoms with van der Waals surface area (Å²) in [7, 11) is 0. The SMILES string of the molecule is CCCCCCCCCCCC(=O)N/N=C\c1cc(Br)ccc1OC(=O)c1ccc(C)cc1. The molecule has 178 valence electrons. The number of ether oxygens (including phenoxy) is 1. The lowest BCUT2D eigenvalue weighted by molar-refractivity contribution is -0.121. The fourth-order valence-electron chi connectivity index (χ4n) is 3.39. The first-order valence-electron chi connectivity index (χ1n) is 11.9. The standard InChI is InChI=1S/C27H35BrN2O3/c1-3-4-5-6-7-8-9-10-11-12-26(31)30-29-20-23-19-24(28)17-18-25(23)33-27(32)22-15-13-21(2)14-16-22/h13-20H,3-12H2,1-2H3,(H,30,31)/b29-20-. The molecule has 0 aromatic heterocycles. The van der Waals surface area contributed by atoms with Gasteiger partial charge in [0.25, 0.3) is 0 Å². The molecular formula is C27H35BrN2O3. The summed E-state index contributed by atoms with van der Waals surface area (Å²) < 4.78 is 6.37. The van der Waals surface area contributed by atoms with Gasteiger partial charge in [-0.3, -0.25) is 4.79 Å². The van der Waals surface area contributed by atoms with Crippen LogP contribution < -0.4 is 10.2 Å². The smallest absolute Gasteiger partial charge is 0.343 e. The molecule has 0 aliphatic carbocycles. The van der Waals surface area contributed by atoms with E-state index in [1.165, 1.54) is 51.2 Å². The van der Waals surface area contributed by atoms with Crippen molar-refractivity contribution in [2.75, 3.05) is 0 Å². The van der Waals surface area contributed by atoms with Crippen LogP contribution in [0.4, 0.5) is 0 Å². The van der Waals surface area contributed by atoms with Gasteiger partial charge in [0.2, 0.25) is 5.91 Å². The Morgan fingerprint density at radius 1 is 0.939 bits per heavy atom. The summed E-state index contributed by atoms with van der Waals surface area (Å²) in [6.45, 7) is 4.19. The van der Waals surface area contributed by atoms with Crippen LogP contribution in [0.5, 0.6) is 5.75 Å². The van der Waals surface area contributed by atoms with Gasteiger partial charge in [0.05, 0.1) is 11.8 Å². The topological polar surface area (TPSA) is 67.8 Å². The number of hydrogen-bond acceptors (Lipinski definition) is 4. The lowest BCUT2D eigenvalue weighted by Crippen LogP contribution is -2.17. The van der Waals surface area contributed by atoms with Gasteiger partial charge in [-0.2, -0.15) is 5.10 Å². The minimum Gasteiger partial charge on any atom is -0.422 e. The third-order valence-electron chi connectivity index (χ3n) is 5.36. The molecule has 0 radical (unpaired) electrons. The zero-order chi connectivity index (χ0) is 23.9. The van der Waals surface area contributed by atoms with Gasteiger partial charge in [0.1, 0.15) is 5.75 Å². The second-order valence-electron chi connectivity index (χ2n) is 8.31. The summed E-state index contributed by atoms with van der Waals surface area (Å²) in [5.74, 6) is -0.176. The molecule has 1 amide bonds. The number of carbonyl (C=O) groups excluding carboxylic acids is 2. The van der Waals surface area contributed by atoms with E-state index >= 15 is 0 Å². The van der Waals surface area contributed by atoms with Crippen molar-refractivity contribution >= 4 is 34.0 Å². The molecule has 0 atom stereocenters. The van der Waals surface area contributed by atoms with E-state index in [-0.39, 0.29) is 5.91 Å². The van der Waals surface area contributed by atoms with Crippen molar-refractivity contribution < 1.29 is 14.3 Å². The summed E-state index contributed by atoms with van der Waals surface area (Å²) in [4.78, 5) is 24.5. The lowest BCUT2D eigenvalue weighted by atomic mass is 10.1. The fourth-order valence-corrected chi connectivity index (χ4v) is 3.77. The molecule has 33 heavy (non-hydrogen) atoms. The number of hydrazone groups is 1. The third-order valence-corrected chi connectivity index (χ3v) is 5.86. The molecule has 0 bridgehead atoms. The molecule has 2 aromatic carbocycles. The van der Waals surface area contributed by atoms with Gasteiger partial charge >= 0.3 is 5.97 Å². The van der Waals surface area contributed by atoms with Crippen LogP contribution in [0.25, 0.3) is 0 Å². The Labute approximate surface area is 206 Å². The van der Waals surface area contributed by atoms with Crippen molar-refractivity contribution in [1.82, 2.24) is 5.43 Å². The van der Waals surface area contributed by atoms with E-state index in [9.17, 15) is 9.59 Å². The van der Waals surface area contributed by atoms with Gasteiger partial charge in [-0.25, -0.2) is 10.2 Å². The molecule has 5 nitrogen and oxygen atoms in total. The highest BCUT2D eigenvalue weighted by molar-refractivity contribution is 9.10. The second-order valence-corrected chi connectivity index (χ2v) is 9.22. The van der Waals surface area contributed by atoms with E-state index in [2.05, 4.69) is 33.4 Å². The van der Waals surface area contributed by atoms with Crippen LogP contribution in [-0.4, -0.2) is 18.1 Å². The fraction of sp³-hybridized carbons (Fsp3) is 0.444. The lowest BCUT2D eigenvalue weighted by Gasteiger charge is -2.08. The zero-order valence-electron chi connectivity index (χ0n) is 19.7. The number of halogens is 1. The van der Waals surface area contributed by atoms with Gasteiger partial charge in [0, 0.05) is 16.5 Å². The first-order valence-corrected chi connectivity index (χ1v) is 12.7. The monoisotopic (exact) mass is 514 g/mol. The Kier molecular flexibility index (Phi) is 12.5. The van der Waals surface area contributed by atoms with Crippen LogP contribution >= 0.6 is 15.9 Å². The van der Waals surface area contributed by atoms with Gasteiger partial charge in [-0.15, -0.1) is 0 Å². The quantitative estimate of drug-likeness (QED) is 0.0941. The van der Waals surface area contributed by atoms with E-state index < -0.39 is 5.97 Å². The number of unbranched alkanes of at least 4 members (excludes halogenated alkanes) is 8. The highest BCUT2D eigenvalue weighted by Crippen LogP contribution is 2.23. The molecule has 0 saturated carbocycles. The zero-order valence-corrected chi connectivity index (χ0v) is 21.3. The minimum absolute atomic E-state index is 0.109. The Morgan fingerprint density at radius 2 is 1.58 bits per heavy atom. The van der Waals surface area contributed by atoms with Crippen LogP contribution in [0.15, 0.2) is 52.0 Å². The van der Waals surface area contributed by atoms with Crippen LogP contribution in [0, 0.1) is 6.92 Å². The first kappa shape index (κ1) is 26.8. The Balaban J connectivity index is 1.77. The predicted molar refractivity (Wildman–Crippen MR) is 138 cm³/mol. The predicted octanol–water partition coefficient (Wildman–Crippen LogP) is 7.35. The van der Waals surface area contributed by atoms with E-state index in [4.69, 9.17) is 4.74 Å². The minimum atomic E-state index is -0.443. The maximum absolute atomic E-state index is 12.5. The summed E-state index contributed by atoms with van der Waals surface area (Å²) in [6, 6.07) is 12.5. The Hall–Kier alpha value is -2.47. The Morgan fingerprint density at radius 3 is 2.24 bits per heavy atom. The molecule has 1 N–H and O–H groups in total. The van der Waals surface area contributed by atoms with Crippen LogP contribution in [-0.2, 0) is 4.79 Å². The largest absolute Gasteiger partial charge is 0.422 e. The maximum atomic E-state index is 12.5. The highest BCUT2D eigenvalue weighted by Gasteiger charge is 2.11. The van der Waals surface area contributed by atoms with Gasteiger partial charge < -0.3 is 4.74 Å². The number of carbonyl (C=O) groups is 2. The van der Waals surface area contributed by atoms with Crippen molar-refractivity contribution in [1.29, 1.82) is 0 Å². The average molecular weight is 515 g/mol. The van der Waals surface area contributed by atoms with Crippen molar-refractivity contribution in [2.24, 2.45) is 5.10 Å².